The van der Waals surface area contributed by atoms with Crippen LogP contribution < -0.4 is 4.74 Å². The number of hydrogen-bond donors (Lipinski definition) is 0. The van der Waals surface area contributed by atoms with Gasteiger partial charge in [-0.15, -0.1) is 0 Å². The summed E-state index contributed by atoms with van der Waals surface area (Å²) in [6, 6.07) is 10.8. The fourth-order valence-corrected chi connectivity index (χ4v) is 3.25. The fraction of sp³-hybridized carbons (Fsp3) is 0.588. The predicted octanol–water partition coefficient (Wildman–Crippen LogP) is 2.08. The Hall–Kier alpha value is -1.57. The second-order valence-electron chi connectivity index (χ2n) is 6.50. The second kappa shape index (κ2) is 5.67. The summed E-state index contributed by atoms with van der Waals surface area (Å²) in [5.74, 6) is 1.53. The molecule has 1 aromatic rings. The van der Waals surface area contributed by atoms with Gasteiger partial charge in [-0.05, 0) is 19.9 Å². The minimum Gasteiger partial charge on any atom is -0.493 e. The maximum atomic E-state index is 9.23. The molecule has 0 radical (unpaired) electrons. The van der Waals surface area contributed by atoms with Crippen LogP contribution in [0.4, 0.5) is 0 Å². The van der Waals surface area contributed by atoms with Gasteiger partial charge in [0.15, 0.2) is 0 Å². The third-order valence-corrected chi connectivity index (χ3v) is 4.71. The number of piperazine rings is 1. The molecule has 1 aromatic carbocycles. The molecule has 2 heterocycles. The highest BCUT2D eigenvalue weighted by Gasteiger charge is 2.32. The Balaban J connectivity index is 1.57. The Morgan fingerprint density at radius 1 is 1.24 bits per heavy atom. The molecule has 3 rings (SSSR count). The van der Waals surface area contributed by atoms with Crippen molar-refractivity contribution in [2.24, 2.45) is 0 Å². The summed E-state index contributed by atoms with van der Waals surface area (Å²) in [6.07, 6.45) is 0. The Bertz CT molecular complexity index is 541. The Morgan fingerprint density at radius 2 is 1.95 bits per heavy atom. The van der Waals surface area contributed by atoms with Crippen LogP contribution in [0, 0.1) is 11.3 Å². The number of rotatable bonds is 3. The Labute approximate surface area is 126 Å². The van der Waals surface area contributed by atoms with Crippen LogP contribution in [-0.4, -0.2) is 54.7 Å². The van der Waals surface area contributed by atoms with Crippen molar-refractivity contribution in [3.8, 4) is 11.8 Å². The molecule has 0 aromatic heterocycles. The van der Waals surface area contributed by atoms with Gasteiger partial charge < -0.3 is 9.64 Å². The number of hydrogen-bond acceptors (Lipinski definition) is 4. The zero-order valence-corrected chi connectivity index (χ0v) is 12.9. The number of para-hydroxylation sites is 1. The molecule has 0 aliphatic carbocycles. The van der Waals surface area contributed by atoms with Crippen molar-refractivity contribution in [2.75, 3.05) is 39.3 Å². The number of benzene rings is 1. The SMILES string of the molecule is CC(C)(C#N)N1CCN(CC2COc3ccccc32)CC1. The van der Waals surface area contributed by atoms with Crippen molar-refractivity contribution in [3.63, 3.8) is 0 Å². The maximum Gasteiger partial charge on any atom is 0.122 e. The van der Waals surface area contributed by atoms with Gasteiger partial charge in [-0.2, -0.15) is 5.26 Å². The van der Waals surface area contributed by atoms with Crippen molar-refractivity contribution in [3.05, 3.63) is 29.8 Å². The van der Waals surface area contributed by atoms with E-state index >= 15 is 0 Å². The minimum absolute atomic E-state index is 0.352. The first-order valence-corrected chi connectivity index (χ1v) is 7.70. The molecule has 1 atom stereocenters. The molecular formula is C17H23N3O. The van der Waals surface area contributed by atoms with Crippen LogP contribution in [0.3, 0.4) is 0 Å². The van der Waals surface area contributed by atoms with E-state index in [1.807, 2.05) is 19.9 Å². The molecule has 0 spiro atoms. The lowest BCUT2D eigenvalue weighted by molar-refractivity contribution is 0.0753. The van der Waals surface area contributed by atoms with Crippen LogP contribution in [0.15, 0.2) is 24.3 Å². The first-order valence-electron chi connectivity index (χ1n) is 7.70. The van der Waals surface area contributed by atoms with E-state index in [9.17, 15) is 5.26 Å². The normalized spacial score (nSPS) is 23.4. The average Bonchev–Trinajstić information content (AvgIpc) is 2.91. The summed E-state index contributed by atoms with van der Waals surface area (Å²) in [5, 5.41) is 9.23. The molecule has 0 amide bonds. The number of fused-ring (bicyclic) bond motifs is 1. The molecule has 1 saturated heterocycles. The van der Waals surface area contributed by atoms with Crippen LogP contribution >= 0.6 is 0 Å². The fourth-order valence-electron chi connectivity index (χ4n) is 3.25. The molecule has 112 valence electrons. The highest BCUT2D eigenvalue weighted by molar-refractivity contribution is 5.39. The van der Waals surface area contributed by atoms with E-state index in [0.717, 1.165) is 45.1 Å². The maximum absolute atomic E-state index is 9.23. The smallest absolute Gasteiger partial charge is 0.122 e. The third kappa shape index (κ3) is 2.90. The van der Waals surface area contributed by atoms with E-state index in [4.69, 9.17) is 4.74 Å². The Kier molecular flexibility index (Phi) is 3.88. The van der Waals surface area contributed by atoms with Gasteiger partial charge >= 0.3 is 0 Å². The summed E-state index contributed by atoms with van der Waals surface area (Å²) in [6.45, 7) is 9.85. The van der Waals surface area contributed by atoms with E-state index in [0.29, 0.717) is 5.92 Å². The van der Waals surface area contributed by atoms with Crippen molar-refractivity contribution in [1.82, 2.24) is 9.80 Å². The lowest BCUT2D eigenvalue weighted by Gasteiger charge is -2.41. The quantitative estimate of drug-likeness (QED) is 0.852. The lowest BCUT2D eigenvalue weighted by atomic mass is 9.99. The van der Waals surface area contributed by atoms with Gasteiger partial charge in [0.25, 0.3) is 0 Å². The van der Waals surface area contributed by atoms with Crippen LogP contribution in [-0.2, 0) is 0 Å². The largest absolute Gasteiger partial charge is 0.493 e. The highest BCUT2D eigenvalue weighted by Crippen LogP contribution is 2.34. The van der Waals surface area contributed by atoms with Crippen LogP contribution in [0.5, 0.6) is 5.75 Å². The van der Waals surface area contributed by atoms with Crippen molar-refractivity contribution in [1.29, 1.82) is 5.26 Å². The van der Waals surface area contributed by atoms with Gasteiger partial charge in [-0.1, -0.05) is 18.2 Å². The topological polar surface area (TPSA) is 39.5 Å². The lowest BCUT2D eigenvalue weighted by Crippen LogP contribution is -2.54. The van der Waals surface area contributed by atoms with E-state index in [1.54, 1.807) is 0 Å². The van der Waals surface area contributed by atoms with Gasteiger partial charge in [0.05, 0.1) is 12.7 Å². The van der Waals surface area contributed by atoms with Crippen molar-refractivity contribution in [2.45, 2.75) is 25.3 Å². The molecule has 0 bridgehead atoms. The number of nitriles is 1. The minimum atomic E-state index is -0.352. The number of nitrogens with zero attached hydrogens (tertiary/aromatic N) is 3. The summed E-state index contributed by atoms with van der Waals surface area (Å²) in [5.41, 5.74) is 0.993. The molecule has 0 saturated carbocycles. The van der Waals surface area contributed by atoms with Gasteiger partial charge in [0, 0.05) is 44.2 Å². The zero-order chi connectivity index (χ0) is 14.9. The molecule has 4 heteroatoms. The molecule has 4 nitrogen and oxygen atoms in total. The molecule has 0 N–H and O–H groups in total. The second-order valence-corrected chi connectivity index (χ2v) is 6.50. The van der Waals surface area contributed by atoms with E-state index in [2.05, 4.69) is 34.1 Å². The van der Waals surface area contributed by atoms with Gasteiger partial charge in [-0.3, -0.25) is 4.90 Å². The predicted molar refractivity (Wildman–Crippen MR) is 82.4 cm³/mol. The summed E-state index contributed by atoms with van der Waals surface area (Å²) in [7, 11) is 0. The van der Waals surface area contributed by atoms with Gasteiger partial charge in [-0.25, -0.2) is 0 Å². The molecular weight excluding hydrogens is 262 g/mol. The first kappa shape index (κ1) is 14.4. The zero-order valence-electron chi connectivity index (χ0n) is 12.9. The molecule has 2 aliphatic rings. The van der Waals surface area contributed by atoms with Gasteiger partial charge in [0.1, 0.15) is 11.3 Å². The standard InChI is InChI=1S/C17H23N3O/c1-17(2,13-18)20-9-7-19(8-10-20)11-14-12-21-16-6-4-3-5-15(14)16/h3-6,14H,7-12H2,1-2H3. The molecule has 1 unspecified atom stereocenters. The number of ether oxygens (including phenoxy) is 1. The first-order chi connectivity index (χ1) is 10.1. The third-order valence-electron chi connectivity index (χ3n) is 4.71. The van der Waals surface area contributed by atoms with E-state index < -0.39 is 0 Å². The highest BCUT2D eigenvalue weighted by atomic mass is 16.5. The van der Waals surface area contributed by atoms with Crippen LogP contribution in [0.25, 0.3) is 0 Å². The van der Waals surface area contributed by atoms with Crippen molar-refractivity contribution >= 4 is 0 Å². The average molecular weight is 285 g/mol. The summed E-state index contributed by atoms with van der Waals surface area (Å²) in [4.78, 5) is 4.78. The monoisotopic (exact) mass is 285 g/mol. The molecule has 21 heavy (non-hydrogen) atoms. The summed E-state index contributed by atoms with van der Waals surface area (Å²) < 4.78 is 5.77. The molecule has 2 aliphatic heterocycles. The van der Waals surface area contributed by atoms with Crippen molar-refractivity contribution < 1.29 is 4.74 Å². The Morgan fingerprint density at radius 3 is 2.67 bits per heavy atom. The van der Waals surface area contributed by atoms with E-state index in [-0.39, 0.29) is 5.54 Å². The summed E-state index contributed by atoms with van der Waals surface area (Å²) >= 11 is 0. The van der Waals surface area contributed by atoms with Gasteiger partial charge in [0.2, 0.25) is 0 Å². The van der Waals surface area contributed by atoms with Crippen LogP contribution in [0.2, 0.25) is 0 Å². The van der Waals surface area contributed by atoms with E-state index in [1.165, 1.54) is 5.56 Å². The molecule has 1 fully saturated rings. The van der Waals surface area contributed by atoms with Crippen LogP contribution in [0.1, 0.15) is 25.3 Å².